The minimum Gasteiger partial charge on any atom is -0.330 e. The van der Waals surface area contributed by atoms with Crippen LogP contribution >= 0.6 is 11.6 Å². The monoisotopic (exact) mass is 292 g/mol. The highest BCUT2D eigenvalue weighted by atomic mass is 35.5. The molecule has 106 valence electrons. The molecule has 3 N–H and O–H groups in total. The van der Waals surface area contributed by atoms with Crippen molar-refractivity contribution in [3.63, 3.8) is 0 Å². The van der Waals surface area contributed by atoms with Crippen molar-refractivity contribution in [3.8, 4) is 5.69 Å². The van der Waals surface area contributed by atoms with Gasteiger partial charge in [0.2, 0.25) is 5.91 Å². The van der Waals surface area contributed by atoms with Gasteiger partial charge in [0.15, 0.2) is 0 Å². The van der Waals surface area contributed by atoms with Gasteiger partial charge in [0.25, 0.3) is 0 Å². The molecular weight excluding hydrogens is 276 g/mol. The lowest BCUT2D eigenvalue weighted by Crippen LogP contribution is -2.14. The van der Waals surface area contributed by atoms with E-state index in [1.165, 1.54) is 0 Å². The molecule has 0 aliphatic heterocycles. The lowest BCUT2D eigenvalue weighted by atomic mass is 10.2. The van der Waals surface area contributed by atoms with Crippen LogP contribution < -0.4 is 11.1 Å². The Hall–Kier alpha value is -1.85. The summed E-state index contributed by atoms with van der Waals surface area (Å²) in [6.45, 7) is 0.600. The van der Waals surface area contributed by atoms with Gasteiger partial charge >= 0.3 is 0 Å². The first kappa shape index (κ1) is 14.6. The number of hydrogen-bond donors (Lipinski definition) is 2. The average molecular weight is 293 g/mol. The molecule has 1 amide bonds. The standard InChI is InChI=1S/C14H17ClN4O/c15-11-5-3-6-12(14(11)19-10-4-9-17-19)18-13(20)7-1-2-8-16/h3-6,9-10H,1-2,7-8,16H2,(H,18,20). The minimum absolute atomic E-state index is 0.0471. The molecule has 0 saturated carbocycles. The molecule has 0 unspecified atom stereocenters. The summed E-state index contributed by atoms with van der Waals surface area (Å²) in [5, 5.41) is 7.56. The van der Waals surface area contributed by atoms with E-state index in [0.717, 1.165) is 12.8 Å². The van der Waals surface area contributed by atoms with Crippen molar-refractivity contribution in [1.29, 1.82) is 0 Å². The molecule has 6 heteroatoms. The van der Waals surface area contributed by atoms with Gasteiger partial charge in [-0.05, 0) is 37.6 Å². The van der Waals surface area contributed by atoms with E-state index in [4.69, 9.17) is 17.3 Å². The third-order valence-electron chi connectivity index (χ3n) is 2.85. The molecule has 2 rings (SSSR count). The van der Waals surface area contributed by atoms with Gasteiger partial charge in [-0.1, -0.05) is 17.7 Å². The zero-order chi connectivity index (χ0) is 14.4. The van der Waals surface area contributed by atoms with Gasteiger partial charge in [0.05, 0.1) is 10.7 Å². The summed E-state index contributed by atoms with van der Waals surface area (Å²) >= 11 is 6.20. The van der Waals surface area contributed by atoms with Crippen LogP contribution in [0.3, 0.4) is 0 Å². The molecule has 20 heavy (non-hydrogen) atoms. The predicted octanol–water partition coefficient (Wildman–Crippen LogP) is 2.59. The smallest absolute Gasteiger partial charge is 0.224 e. The highest BCUT2D eigenvalue weighted by molar-refractivity contribution is 6.33. The summed E-state index contributed by atoms with van der Waals surface area (Å²) in [4.78, 5) is 11.9. The summed E-state index contributed by atoms with van der Waals surface area (Å²) < 4.78 is 1.64. The lowest BCUT2D eigenvalue weighted by Gasteiger charge is -2.12. The Balaban J connectivity index is 2.16. The van der Waals surface area contributed by atoms with Crippen molar-refractivity contribution >= 4 is 23.2 Å². The van der Waals surface area contributed by atoms with E-state index >= 15 is 0 Å². The fourth-order valence-corrected chi connectivity index (χ4v) is 2.15. The predicted molar refractivity (Wildman–Crippen MR) is 80.1 cm³/mol. The molecule has 0 spiro atoms. The molecule has 0 saturated heterocycles. The molecule has 0 aliphatic carbocycles. The van der Waals surface area contributed by atoms with Gasteiger partial charge in [0, 0.05) is 18.8 Å². The fraction of sp³-hybridized carbons (Fsp3) is 0.286. The maximum atomic E-state index is 11.9. The van der Waals surface area contributed by atoms with Gasteiger partial charge < -0.3 is 11.1 Å². The van der Waals surface area contributed by atoms with Gasteiger partial charge in [-0.25, -0.2) is 4.68 Å². The topological polar surface area (TPSA) is 72.9 Å². The number of anilines is 1. The number of carbonyl (C=O) groups is 1. The van der Waals surface area contributed by atoms with Crippen LogP contribution in [0.1, 0.15) is 19.3 Å². The average Bonchev–Trinajstić information content (AvgIpc) is 2.93. The van der Waals surface area contributed by atoms with Crippen LogP contribution in [0, 0.1) is 0 Å². The number of rotatable bonds is 6. The highest BCUT2D eigenvalue weighted by Crippen LogP contribution is 2.28. The van der Waals surface area contributed by atoms with Crippen LogP contribution in [0.4, 0.5) is 5.69 Å². The van der Waals surface area contributed by atoms with E-state index in [2.05, 4.69) is 10.4 Å². The van der Waals surface area contributed by atoms with E-state index < -0.39 is 0 Å². The molecule has 1 heterocycles. The first-order valence-electron chi connectivity index (χ1n) is 6.51. The Morgan fingerprint density at radius 2 is 2.20 bits per heavy atom. The first-order chi connectivity index (χ1) is 9.72. The van der Waals surface area contributed by atoms with Crippen molar-refractivity contribution in [2.24, 2.45) is 5.73 Å². The number of para-hydroxylation sites is 1. The summed E-state index contributed by atoms with van der Waals surface area (Å²) in [6, 6.07) is 7.17. The molecule has 5 nitrogen and oxygen atoms in total. The van der Waals surface area contributed by atoms with Crippen LogP contribution in [0.15, 0.2) is 36.7 Å². The van der Waals surface area contributed by atoms with Gasteiger partial charge in [-0.3, -0.25) is 4.79 Å². The summed E-state index contributed by atoms with van der Waals surface area (Å²) in [6.07, 6.45) is 5.51. The van der Waals surface area contributed by atoms with E-state index in [1.807, 2.05) is 6.07 Å². The number of nitrogens with one attached hydrogen (secondary N) is 1. The van der Waals surface area contributed by atoms with E-state index in [0.29, 0.717) is 29.4 Å². The second kappa shape index (κ2) is 7.07. The fourth-order valence-electron chi connectivity index (χ4n) is 1.89. The minimum atomic E-state index is -0.0471. The third-order valence-corrected chi connectivity index (χ3v) is 3.16. The van der Waals surface area contributed by atoms with Crippen LogP contribution in [0.25, 0.3) is 5.69 Å². The largest absolute Gasteiger partial charge is 0.330 e. The Morgan fingerprint density at radius 3 is 2.90 bits per heavy atom. The number of carbonyl (C=O) groups excluding carboxylic acids is 1. The molecule has 0 bridgehead atoms. The van der Waals surface area contributed by atoms with Crippen molar-refractivity contribution in [3.05, 3.63) is 41.7 Å². The SMILES string of the molecule is NCCCCC(=O)Nc1cccc(Cl)c1-n1cccn1. The molecule has 1 aromatic heterocycles. The number of nitrogens with zero attached hydrogens (tertiary/aromatic N) is 2. The van der Waals surface area contributed by atoms with Crippen molar-refractivity contribution in [2.45, 2.75) is 19.3 Å². The maximum Gasteiger partial charge on any atom is 0.224 e. The Labute approximate surface area is 122 Å². The van der Waals surface area contributed by atoms with Crippen molar-refractivity contribution < 1.29 is 4.79 Å². The third kappa shape index (κ3) is 3.59. The van der Waals surface area contributed by atoms with Gasteiger partial charge in [-0.2, -0.15) is 5.10 Å². The summed E-state index contributed by atoms with van der Waals surface area (Å²) in [5.41, 5.74) is 6.74. The number of aromatic nitrogens is 2. The molecule has 0 fully saturated rings. The van der Waals surface area contributed by atoms with Gasteiger partial charge in [-0.15, -0.1) is 0 Å². The van der Waals surface area contributed by atoms with Crippen LogP contribution in [-0.4, -0.2) is 22.2 Å². The molecule has 0 atom stereocenters. The van der Waals surface area contributed by atoms with E-state index in [9.17, 15) is 4.79 Å². The zero-order valence-corrected chi connectivity index (χ0v) is 11.8. The van der Waals surface area contributed by atoms with Crippen LogP contribution in [0.5, 0.6) is 0 Å². The summed E-state index contributed by atoms with van der Waals surface area (Å²) in [5.74, 6) is -0.0471. The van der Waals surface area contributed by atoms with E-state index in [-0.39, 0.29) is 5.91 Å². The number of benzene rings is 1. The quantitative estimate of drug-likeness (QED) is 0.804. The van der Waals surface area contributed by atoms with Crippen molar-refractivity contribution in [1.82, 2.24) is 9.78 Å². The maximum absolute atomic E-state index is 11.9. The van der Waals surface area contributed by atoms with Crippen molar-refractivity contribution in [2.75, 3.05) is 11.9 Å². The summed E-state index contributed by atoms with van der Waals surface area (Å²) in [7, 11) is 0. The van der Waals surface area contributed by atoms with Crippen LogP contribution in [-0.2, 0) is 4.79 Å². The van der Waals surface area contributed by atoms with Crippen LogP contribution in [0.2, 0.25) is 5.02 Å². The Bertz CT molecular complexity index is 569. The number of halogens is 1. The number of nitrogens with two attached hydrogens (primary N) is 1. The Kier molecular flexibility index (Phi) is 5.15. The molecular formula is C14H17ClN4O. The highest BCUT2D eigenvalue weighted by Gasteiger charge is 2.11. The second-order valence-corrected chi connectivity index (χ2v) is 4.79. The van der Waals surface area contributed by atoms with E-state index in [1.54, 1.807) is 35.3 Å². The molecule has 1 aromatic carbocycles. The zero-order valence-electron chi connectivity index (χ0n) is 11.1. The number of unbranched alkanes of at least 4 members (excludes halogenated alkanes) is 1. The normalized spacial score (nSPS) is 10.5. The Morgan fingerprint density at radius 1 is 1.35 bits per heavy atom. The number of hydrogen-bond acceptors (Lipinski definition) is 3. The number of amides is 1. The molecule has 2 aromatic rings. The first-order valence-corrected chi connectivity index (χ1v) is 6.88. The molecule has 0 aliphatic rings. The molecule has 0 radical (unpaired) electrons. The van der Waals surface area contributed by atoms with Gasteiger partial charge in [0.1, 0.15) is 5.69 Å². The lowest BCUT2D eigenvalue weighted by molar-refractivity contribution is -0.116. The second-order valence-electron chi connectivity index (χ2n) is 4.38.